The molecular weight excluding hydrogens is 392 g/mol. The molecule has 26 heavy (non-hydrogen) atoms. The van der Waals surface area contributed by atoms with Crippen LogP contribution in [0.4, 0.5) is 32.0 Å². The number of alkyl halides is 6. The van der Waals surface area contributed by atoms with Crippen LogP contribution in [0.5, 0.6) is 0 Å². The average Bonchev–Trinajstić information content (AvgIpc) is 2.53. The summed E-state index contributed by atoms with van der Waals surface area (Å²) in [5.41, 5.74) is -3.84. The van der Waals surface area contributed by atoms with Gasteiger partial charge >= 0.3 is 12.4 Å². The van der Waals surface area contributed by atoms with Crippen molar-refractivity contribution in [1.29, 1.82) is 0 Å². The summed E-state index contributed by atoms with van der Waals surface area (Å²) in [6.07, 6.45) is -10.4. The summed E-state index contributed by atoms with van der Waals surface area (Å²) in [6, 6.07) is 4.19. The van der Waals surface area contributed by atoms with E-state index in [9.17, 15) is 40.7 Å². The third kappa shape index (κ3) is 4.74. The number of rotatable bonds is 4. The zero-order valence-corrected chi connectivity index (χ0v) is 13.2. The second kappa shape index (κ2) is 6.97. The zero-order valence-electron chi connectivity index (χ0n) is 12.3. The zero-order chi connectivity index (χ0) is 19.7. The predicted molar refractivity (Wildman–Crippen MR) is 75.2 cm³/mol. The molecule has 6 nitrogen and oxygen atoms in total. The fourth-order valence-electron chi connectivity index (χ4n) is 1.75. The molecule has 1 aromatic heterocycles. The summed E-state index contributed by atoms with van der Waals surface area (Å²) in [4.78, 5) is 15.7. The van der Waals surface area contributed by atoms with Gasteiger partial charge in [0.2, 0.25) is 5.16 Å². The summed E-state index contributed by atoms with van der Waals surface area (Å²) < 4.78 is 88.5. The van der Waals surface area contributed by atoms with Crippen molar-refractivity contribution >= 4 is 16.5 Å². The van der Waals surface area contributed by atoms with Gasteiger partial charge in [0, 0.05) is 12.1 Å². The number of nitro benzene ring substituents is 1. The molecule has 0 saturated carbocycles. The first kappa shape index (κ1) is 19.8. The van der Waals surface area contributed by atoms with Crippen LogP contribution in [0, 0.1) is 10.1 Å². The fraction of sp³-hybridized carbons (Fsp3) is 0.231. The maximum Gasteiger partial charge on any atom is 0.433 e. The van der Waals surface area contributed by atoms with Gasteiger partial charge in [-0.1, -0.05) is 12.1 Å². The van der Waals surface area contributed by atoms with Crippen LogP contribution in [0.2, 0.25) is 0 Å². The van der Waals surface area contributed by atoms with Crippen LogP contribution in [0.25, 0.3) is 0 Å². The Morgan fingerprint density at radius 2 is 1.42 bits per heavy atom. The van der Waals surface area contributed by atoms with Crippen LogP contribution in [-0.2, 0) is 28.9 Å². The van der Waals surface area contributed by atoms with Crippen molar-refractivity contribution in [2.24, 2.45) is 0 Å². The molecule has 0 aliphatic carbocycles. The summed E-state index contributed by atoms with van der Waals surface area (Å²) >= 11 is 0. The van der Waals surface area contributed by atoms with E-state index in [0.717, 1.165) is 12.1 Å². The van der Waals surface area contributed by atoms with Gasteiger partial charge in [0.25, 0.3) is 5.69 Å². The average molecular weight is 399 g/mol. The van der Waals surface area contributed by atoms with Gasteiger partial charge < -0.3 is 0 Å². The van der Waals surface area contributed by atoms with E-state index in [0.29, 0.717) is 0 Å². The first-order valence-corrected chi connectivity index (χ1v) is 7.85. The van der Waals surface area contributed by atoms with E-state index in [1.807, 2.05) is 0 Å². The molecule has 1 heterocycles. The molecule has 0 saturated heterocycles. The van der Waals surface area contributed by atoms with Gasteiger partial charge in [0.05, 0.1) is 21.5 Å². The molecule has 0 aliphatic heterocycles. The monoisotopic (exact) mass is 399 g/mol. The Morgan fingerprint density at radius 3 is 1.81 bits per heavy atom. The van der Waals surface area contributed by atoms with Crippen LogP contribution >= 0.6 is 0 Å². The Kier molecular flexibility index (Phi) is 5.30. The Bertz CT molecular complexity index is 819. The van der Waals surface area contributed by atoms with Gasteiger partial charge in [0.1, 0.15) is 11.4 Å². The van der Waals surface area contributed by atoms with E-state index in [4.69, 9.17) is 0 Å². The molecule has 0 unspecified atom stereocenters. The Hall–Kier alpha value is -2.57. The maximum absolute atomic E-state index is 12.7. The molecule has 0 bridgehead atoms. The number of halogens is 6. The molecular formula is C13H7F6N3O3S. The minimum Gasteiger partial charge on any atom is -0.258 e. The molecule has 1 atom stereocenters. The van der Waals surface area contributed by atoms with Crippen LogP contribution in [-0.4, -0.2) is 19.1 Å². The molecule has 0 N–H and O–H groups in total. The van der Waals surface area contributed by atoms with Crippen LogP contribution in [0.15, 0.2) is 35.5 Å². The molecule has 2 aromatic rings. The topological polar surface area (TPSA) is 86.0 Å². The number of non-ortho nitro benzene ring substituents is 1. The highest BCUT2D eigenvalue weighted by Gasteiger charge is 2.40. The maximum atomic E-state index is 12.7. The third-order valence-corrected chi connectivity index (χ3v) is 4.12. The summed E-state index contributed by atoms with van der Waals surface area (Å²) in [5, 5.41) is 9.40. The summed E-state index contributed by atoms with van der Waals surface area (Å²) in [7, 11) is -2.43. The van der Waals surface area contributed by atoms with Gasteiger partial charge in [-0.2, -0.15) is 26.3 Å². The minimum absolute atomic E-state index is 0.184. The first-order valence-electron chi connectivity index (χ1n) is 6.53. The fourth-order valence-corrected chi connectivity index (χ4v) is 2.77. The number of nitro groups is 1. The SMILES string of the molecule is O=[N+]([O-])c1ccc(C[S@@](=O)c2nc(C(F)(F)F)cc(C(F)(F)F)n2)cc1. The van der Waals surface area contributed by atoms with Crippen molar-refractivity contribution in [2.75, 3.05) is 0 Å². The predicted octanol–water partition coefficient (Wildman–Crippen LogP) is 3.73. The summed E-state index contributed by atoms with van der Waals surface area (Å²) in [5.74, 6) is -0.517. The van der Waals surface area contributed by atoms with Crippen LogP contribution in [0.1, 0.15) is 17.0 Å². The number of hydrogen-bond donors (Lipinski definition) is 0. The Labute approximate surface area is 143 Å². The van der Waals surface area contributed by atoms with Gasteiger partial charge in [-0.25, -0.2) is 9.97 Å². The third-order valence-electron chi connectivity index (χ3n) is 2.94. The van der Waals surface area contributed by atoms with Gasteiger partial charge in [-0.15, -0.1) is 0 Å². The molecule has 0 spiro atoms. The van der Waals surface area contributed by atoms with Crippen LogP contribution in [0.3, 0.4) is 0 Å². The van der Waals surface area contributed by atoms with Crippen molar-refractivity contribution in [1.82, 2.24) is 9.97 Å². The molecule has 2 rings (SSSR count). The van der Waals surface area contributed by atoms with Crippen molar-refractivity contribution in [3.8, 4) is 0 Å². The number of aromatic nitrogens is 2. The lowest BCUT2D eigenvalue weighted by Crippen LogP contribution is -2.18. The quantitative estimate of drug-likeness (QED) is 0.339. The van der Waals surface area contributed by atoms with Gasteiger partial charge in [-0.3, -0.25) is 14.3 Å². The lowest BCUT2D eigenvalue weighted by molar-refractivity contribution is -0.384. The molecule has 0 aliphatic rings. The molecule has 1 aromatic carbocycles. The largest absolute Gasteiger partial charge is 0.433 e. The highest BCUT2D eigenvalue weighted by molar-refractivity contribution is 7.84. The normalized spacial score (nSPS) is 13.5. The number of hydrogen-bond acceptors (Lipinski definition) is 5. The van der Waals surface area contributed by atoms with E-state index in [1.165, 1.54) is 12.1 Å². The second-order valence-electron chi connectivity index (χ2n) is 4.83. The van der Waals surface area contributed by atoms with Crippen molar-refractivity contribution in [2.45, 2.75) is 23.3 Å². The molecule has 0 radical (unpaired) electrons. The first-order chi connectivity index (χ1) is 11.9. The molecule has 13 heteroatoms. The lowest BCUT2D eigenvalue weighted by Gasteiger charge is -2.12. The van der Waals surface area contributed by atoms with Gasteiger partial charge in [0.15, 0.2) is 0 Å². The highest BCUT2D eigenvalue weighted by atomic mass is 32.2. The van der Waals surface area contributed by atoms with E-state index in [-0.39, 0.29) is 17.3 Å². The van der Waals surface area contributed by atoms with E-state index < -0.39 is 50.4 Å². The van der Waals surface area contributed by atoms with Crippen LogP contribution < -0.4 is 0 Å². The highest BCUT2D eigenvalue weighted by Crippen LogP contribution is 2.33. The van der Waals surface area contributed by atoms with E-state index in [2.05, 4.69) is 9.97 Å². The Balaban J connectivity index is 2.37. The van der Waals surface area contributed by atoms with E-state index >= 15 is 0 Å². The second-order valence-corrected chi connectivity index (χ2v) is 6.17. The standard InChI is InChI=1S/C13H7F6N3O3S/c14-12(15,16)9-5-10(13(17,18)19)21-11(20-9)26(25)6-7-1-3-8(4-2-7)22(23)24/h1-5H,6H2/t26-/m1/s1. The van der Waals surface area contributed by atoms with Crippen molar-refractivity contribution in [3.63, 3.8) is 0 Å². The minimum atomic E-state index is -5.19. The molecule has 0 amide bonds. The number of benzene rings is 1. The number of nitrogens with zero attached hydrogens (tertiary/aromatic N) is 3. The van der Waals surface area contributed by atoms with Crippen molar-refractivity contribution < 1.29 is 35.5 Å². The van der Waals surface area contributed by atoms with Gasteiger partial charge in [-0.05, 0) is 11.6 Å². The smallest absolute Gasteiger partial charge is 0.258 e. The summed E-state index contributed by atoms with van der Waals surface area (Å²) in [6.45, 7) is 0. The van der Waals surface area contributed by atoms with E-state index in [1.54, 1.807) is 0 Å². The lowest BCUT2D eigenvalue weighted by atomic mass is 10.2. The van der Waals surface area contributed by atoms with Crippen molar-refractivity contribution in [3.05, 3.63) is 57.4 Å². The molecule has 140 valence electrons. The molecule has 0 fully saturated rings. The Morgan fingerprint density at radius 1 is 0.962 bits per heavy atom.